The van der Waals surface area contributed by atoms with Crippen LogP contribution < -0.4 is 0 Å². The van der Waals surface area contributed by atoms with Gasteiger partial charge in [-0.1, -0.05) is 133 Å². The number of rotatable bonds is 4. The van der Waals surface area contributed by atoms with Crippen LogP contribution in [-0.4, -0.2) is 15.0 Å². The van der Waals surface area contributed by atoms with E-state index in [-0.39, 0.29) is 0 Å². The largest absolute Gasteiger partial charge is 0.456 e. The van der Waals surface area contributed by atoms with Gasteiger partial charge in [-0.3, -0.25) is 0 Å². The predicted octanol–water partition coefficient (Wildman–Crippen LogP) is 11.9. The summed E-state index contributed by atoms with van der Waals surface area (Å²) in [5, 5.41) is 9.23. The maximum atomic E-state index is 6.44. The fourth-order valence-electron chi connectivity index (χ4n) is 7.13. The zero-order chi connectivity index (χ0) is 32.3. The molecular formula is C45H27N3O. The van der Waals surface area contributed by atoms with Gasteiger partial charge < -0.3 is 4.42 Å². The van der Waals surface area contributed by atoms with Crippen molar-refractivity contribution < 1.29 is 4.42 Å². The predicted molar refractivity (Wildman–Crippen MR) is 201 cm³/mol. The highest BCUT2D eigenvalue weighted by Gasteiger charge is 2.21. The van der Waals surface area contributed by atoms with Gasteiger partial charge in [-0.05, 0) is 68.2 Å². The van der Waals surface area contributed by atoms with Gasteiger partial charge in [0.1, 0.15) is 11.2 Å². The van der Waals surface area contributed by atoms with Crippen LogP contribution in [0, 0.1) is 0 Å². The molecule has 0 radical (unpaired) electrons. The molecule has 8 aromatic carbocycles. The van der Waals surface area contributed by atoms with Crippen molar-refractivity contribution in [2.24, 2.45) is 0 Å². The fourth-order valence-corrected chi connectivity index (χ4v) is 7.13. The van der Waals surface area contributed by atoms with Crippen LogP contribution in [0.15, 0.2) is 168 Å². The van der Waals surface area contributed by atoms with Crippen LogP contribution in [0.25, 0.3) is 99.5 Å². The first-order chi connectivity index (χ1) is 24.3. The highest BCUT2D eigenvalue weighted by Crippen LogP contribution is 2.43. The molecule has 228 valence electrons. The van der Waals surface area contributed by atoms with Gasteiger partial charge in [0.15, 0.2) is 17.5 Å². The van der Waals surface area contributed by atoms with Crippen LogP contribution >= 0.6 is 0 Å². The van der Waals surface area contributed by atoms with Crippen molar-refractivity contribution in [2.45, 2.75) is 0 Å². The summed E-state index contributed by atoms with van der Waals surface area (Å²) in [4.78, 5) is 15.4. The molecule has 0 saturated carbocycles. The highest BCUT2D eigenvalue weighted by molar-refractivity contribution is 6.17. The second-order valence-electron chi connectivity index (χ2n) is 12.4. The lowest BCUT2D eigenvalue weighted by Gasteiger charge is -2.14. The van der Waals surface area contributed by atoms with Gasteiger partial charge in [0, 0.05) is 33.0 Å². The maximum absolute atomic E-state index is 6.44. The summed E-state index contributed by atoms with van der Waals surface area (Å²) in [6.07, 6.45) is 0. The molecule has 0 atom stereocenters. The number of benzene rings is 8. The Hall–Kier alpha value is -6.65. The van der Waals surface area contributed by atoms with E-state index in [0.29, 0.717) is 17.5 Å². The van der Waals surface area contributed by atoms with Gasteiger partial charge in [-0.15, -0.1) is 0 Å². The van der Waals surface area contributed by atoms with Crippen molar-refractivity contribution >= 4 is 54.3 Å². The highest BCUT2D eigenvalue weighted by atomic mass is 16.3. The van der Waals surface area contributed by atoms with Crippen LogP contribution in [-0.2, 0) is 0 Å². The van der Waals surface area contributed by atoms with Crippen LogP contribution in [0.3, 0.4) is 0 Å². The summed E-state index contributed by atoms with van der Waals surface area (Å²) in [6, 6.07) is 57.0. The van der Waals surface area contributed by atoms with E-state index in [1.54, 1.807) is 0 Å². The summed E-state index contributed by atoms with van der Waals surface area (Å²) in [7, 11) is 0. The molecule has 2 aromatic heterocycles. The average Bonchev–Trinajstić information content (AvgIpc) is 3.56. The summed E-state index contributed by atoms with van der Waals surface area (Å²) in [5.74, 6) is 1.86. The molecule has 0 spiro atoms. The van der Waals surface area contributed by atoms with E-state index in [4.69, 9.17) is 19.4 Å². The lowest BCUT2D eigenvalue weighted by molar-refractivity contribution is 0.669. The summed E-state index contributed by atoms with van der Waals surface area (Å²) in [5.41, 5.74) is 6.57. The van der Waals surface area contributed by atoms with Gasteiger partial charge in [-0.2, -0.15) is 0 Å². The molecule has 49 heavy (non-hydrogen) atoms. The number of furan rings is 1. The number of para-hydroxylation sites is 1. The Labute approximate surface area is 282 Å². The second-order valence-corrected chi connectivity index (χ2v) is 12.4. The topological polar surface area (TPSA) is 51.8 Å². The molecular weight excluding hydrogens is 599 g/mol. The molecule has 10 rings (SSSR count). The van der Waals surface area contributed by atoms with Gasteiger partial charge in [0.2, 0.25) is 0 Å². The molecule has 4 nitrogen and oxygen atoms in total. The number of hydrogen-bond acceptors (Lipinski definition) is 4. The first kappa shape index (κ1) is 27.5. The van der Waals surface area contributed by atoms with Gasteiger partial charge in [0.05, 0.1) is 0 Å². The molecule has 0 bridgehead atoms. The Kier molecular flexibility index (Phi) is 6.15. The monoisotopic (exact) mass is 625 g/mol. The lowest BCUT2D eigenvalue weighted by Crippen LogP contribution is -2.01. The fraction of sp³-hybridized carbons (Fsp3) is 0. The zero-order valence-electron chi connectivity index (χ0n) is 26.3. The van der Waals surface area contributed by atoms with E-state index in [0.717, 1.165) is 55.1 Å². The third-order valence-electron chi connectivity index (χ3n) is 9.49. The Morgan fingerprint density at radius 1 is 0.347 bits per heavy atom. The van der Waals surface area contributed by atoms with Crippen LogP contribution in [0.4, 0.5) is 0 Å². The quantitative estimate of drug-likeness (QED) is 0.183. The lowest BCUT2D eigenvalue weighted by atomic mass is 9.91. The number of fused-ring (bicyclic) bond motifs is 7. The molecule has 0 fully saturated rings. The van der Waals surface area contributed by atoms with Crippen molar-refractivity contribution in [3.8, 4) is 45.3 Å². The summed E-state index contributed by atoms with van der Waals surface area (Å²) in [6.45, 7) is 0. The first-order valence-corrected chi connectivity index (χ1v) is 16.4. The normalized spacial score (nSPS) is 11.7. The van der Waals surface area contributed by atoms with Crippen molar-refractivity contribution in [3.63, 3.8) is 0 Å². The molecule has 10 aromatic rings. The molecule has 0 aliphatic rings. The molecule has 4 heteroatoms. The second kappa shape index (κ2) is 11.0. The Morgan fingerprint density at radius 3 is 1.82 bits per heavy atom. The molecule has 0 aliphatic carbocycles. The zero-order valence-corrected chi connectivity index (χ0v) is 26.3. The third-order valence-corrected chi connectivity index (χ3v) is 9.49. The Balaban J connectivity index is 1.29. The van der Waals surface area contributed by atoms with E-state index in [1.165, 1.54) is 26.9 Å². The molecule has 0 N–H and O–H groups in total. The van der Waals surface area contributed by atoms with Gasteiger partial charge in [-0.25, -0.2) is 15.0 Å². The van der Waals surface area contributed by atoms with Crippen molar-refractivity contribution in [1.29, 1.82) is 0 Å². The molecule has 0 amide bonds. The minimum atomic E-state index is 0.609. The molecule has 2 heterocycles. The number of hydrogen-bond donors (Lipinski definition) is 0. The molecule has 0 saturated heterocycles. The van der Waals surface area contributed by atoms with E-state index in [2.05, 4.69) is 115 Å². The van der Waals surface area contributed by atoms with Crippen molar-refractivity contribution in [1.82, 2.24) is 15.0 Å². The van der Waals surface area contributed by atoms with Crippen LogP contribution in [0.2, 0.25) is 0 Å². The van der Waals surface area contributed by atoms with Crippen molar-refractivity contribution in [2.75, 3.05) is 0 Å². The van der Waals surface area contributed by atoms with E-state index in [1.807, 2.05) is 48.5 Å². The van der Waals surface area contributed by atoms with Gasteiger partial charge >= 0.3 is 0 Å². The molecule has 0 unspecified atom stereocenters. The summed E-state index contributed by atoms with van der Waals surface area (Å²) < 4.78 is 6.44. The average molecular weight is 626 g/mol. The minimum absolute atomic E-state index is 0.609. The smallest absolute Gasteiger partial charge is 0.164 e. The van der Waals surface area contributed by atoms with E-state index < -0.39 is 0 Å². The first-order valence-electron chi connectivity index (χ1n) is 16.4. The standard InChI is InChI=1S/C45H27N3O/c1-2-12-31(13-3-1)43-46-44(34-23-18-28-10-4-5-14-32(28)26-34)48-45(47-43)37-24-25-40-42(36-16-8-9-17-39(36)49-40)41(37)33-22-21-30-20-19-29-11-6-7-15-35(29)38(30)27-33/h1-27H. The van der Waals surface area contributed by atoms with E-state index in [9.17, 15) is 0 Å². The number of aromatic nitrogens is 3. The van der Waals surface area contributed by atoms with Crippen LogP contribution in [0.1, 0.15) is 0 Å². The number of nitrogens with zero attached hydrogens (tertiary/aromatic N) is 3. The van der Waals surface area contributed by atoms with Gasteiger partial charge in [0.25, 0.3) is 0 Å². The Bertz CT molecular complexity index is 2890. The van der Waals surface area contributed by atoms with E-state index >= 15 is 0 Å². The summed E-state index contributed by atoms with van der Waals surface area (Å²) >= 11 is 0. The Morgan fingerprint density at radius 2 is 0.959 bits per heavy atom. The minimum Gasteiger partial charge on any atom is -0.456 e. The molecule has 0 aliphatic heterocycles. The SMILES string of the molecule is c1ccc(-c2nc(-c3ccc4ccccc4c3)nc(-c3ccc4oc5ccccc5c4c3-c3ccc4ccc5ccccc5c4c3)n2)cc1. The third kappa shape index (κ3) is 4.57. The van der Waals surface area contributed by atoms with Crippen LogP contribution in [0.5, 0.6) is 0 Å². The van der Waals surface area contributed by atoms with Crippen molar-refractivity contribution in [3.05, 3.63) is 164 Å². The maximum Gasteiger partial charge on any atom is 0.164 e.